The standard InChI is InChI=1S/C9H15N/c1-9(2)7-4-5-8(6-7)10(9)3/h4-5,7-8H,6H2,1-3H3. The number of rotatable bonds is 0. The van der Waals surface area contributed by atoms with E-state index in [4.69, 9.17) is 0 Å². The summed E-state index contributed by atoms with van der Waals surface area (Å²) in [4.78, 5) is 2.48. The molecule has 1 fully saturated rings. The van der Waals surface area contributed by atoms with E-state index in [0.29, 0.717) is 5.54 Å². The highest BCUT2D eigenvalue weighted by Crippen LogP contribution is 2.43. The summed E-state index contributed by atoms with van der Waals surface area (Å²) in [6.07, 6.45) is 6.07. The molecule has 1 heteroatoms. The first-order valence-corrected chi connectivity index (χ1v) is 4.03. The molecule has 1 saturated heterocycles. The molecule has 2 atom stereocenters. The van der Waals surface area contributed by atoms with Gasteiger partial charge in [0.1, 0.15) is 0 Å². The first-order valence-electron chi connectivity index (χ1n) is 4.03. The Hall–Kier alpha value is -0.300. The first-order chi connectivity index (χ1) is 4.62. The molecule has 2 aliphatic rings. The predicted octanol–water partition coefficient (Wildman–Crippen LogP) is 1.66. The number of likely N-dealkylation sites (tertiary alicyclic amines) is 1. The van der Waals surface area contributed by atoms with Gasteiger partial charge in [0.15, 0.2) is 0 Å². The van der Waals surface area contributed by atoms with E-state index >= 15 is 0 Å². The van der Waals surface area contributed by atoms with Gasteiger partial charge in [-0.1, -0.05) is 12.2 Å². The van der Waals surface area contributed by atoms with Crippen molar-refractivity contribution in [3.8, 4) is 0 Å². The van der Waals surface area contributed by atoms with Gasteiger partial charge in [0.2, 0.25) is 0 Å². The second-order valence-corrected chi connectivity index (χ2v) is 4.06. The van der Waals surface area contributed by atoms with E-state index in [9.17, 15) is 0 Å². The fraction of sp³-hybridized carbons (Fsp3) is 0.778. The lowest BCUT2D eigenvalue weighted by Crippen LogP contribution is -2.43. The zero-order valence-electron chi connectivity index (χ0n) is 6.96. The monoisotopic (exact) mass is 137 g/mol. The van der Waals surface area contributed by atoms with Gasteiger partial charge in [0.25, 0.3) is 0 Å². The van der Waals surface area contributed by atoms with Crippen LogP contribution < -0.4 is 0 Å². The summed E-state index contributed by atoms with van der Waals surface area (Å²) in [5.74, 6) is 0.808. The Labute approximate surface area is 62.7 Å². The molecule has 0 aromatic heterocycles. The van der Waals surface area contributed by atoms with Crippen LogP contribution in [0.3, 0.4) is 0 Å². The number of likely N-dealkylation sites (N-methyl/N-ethyl adjacent to an activating group) is 1. The summed E-state index contributed by atoms with van der Waals surface area (Å²) in [7, 11) is 2.23. The van der Waals surface area contributed by atoms with Crippen molar-refractivity contribution in [2.24, 2.45) is 5.92 Å². The minimum atomic E-state index is 0.416. The third-order valence-corrected chi connectivity index (χ3v) is 3.37. The number of hydrogen-bond donors (Lipinski definition) is 0. The lowest BCUT2D eigenvalue weighted by molar-refractivity contribution is 0.160. The molecule has 0 aromatic rings. The Kier molecular flexibility index (Phi) is 1.06. The van der Waals surface area contributed by atoms with Gasteiger partial charge in [-0.2, -0.15) is 0 Å². The van der Waals surface area contributed by atoms with Crippen LogP contribution in [0.25, 0.3) is 0 Å². The van der Waals surface area contributed by atoms with Crippen LogP contribution in [0.5, 0.6) is 0 Å². The molecule has 2 unspecified atom stereocenters. The molecule has 0 N–H and O–H groups in total. The van der Waals surface area contributed by atoms with Crippen LogP contribution in [-0.2, 0) is 0 Å². The first kappa shape index (κ1) is 6.41. The molecule has 0 spiro atoms. The van der Waals surface area contributed by atoms with E-state index in [1.54, 1.807) is 0 Å². The van der Waals surface area contributed by atoms with Gasteiger partial charge >= 0.3 is 0 Å². The number of nitrogens with zero attached hydrogens (tertiary/aromatic N) is 1. The van der Waals surface area contributed by atoms with Crippen molar-refractivity contribution >= 4 is 0 Å². The third kappa shape index (κ3) is 0.567. The van der Waals surface area contributed by atoms with E-state index in [1.165, 1.54) is 6.42 Å². The maximum atomic E-state index is 2.48. The number of hydrogen-bond acceptors (Lipinski definition) is 1. The Balaban J connectivity index is 2.35. The maximum absolute atomic E-state index is 2.48. The molecule has 2 bridgehead atoms. The molecule has 0 amide bonds. The van der Waals surface area contributed by atoms with Crippen LogP contribution in [0.15, 0.2) is 12.2 Å². The van der Waals surface area contributed by atoms with Crippen molar-refractivity contribution < 1.29 is 0 Å². The van der Waals surface area contributed by atoms with E-state index in [0.717, 1.165) is 12.0 Å². The Morgan fingerprint density at radius 3 is 2.40 bits per heavy atom. The fourth-order valence-electron chi connectivity index (χ4n) is 2.18. The van der Waals surface area contributed by atoms with Gasteiger partial charge in [-0.15, -0.1) is 0 Å². The van der Waals surface area contributed by atoms with Crippen LogP contribution in [0.1, 0.15) is 20.3 Å². The SMILES string of the molecule is CN1C2C=CC(C2)C1(C)C. The van der Waals surface area contributed by atoms with E-state index < -0.39 is 0 Å². The van der Waals surface area contributed by atoms with Gasteiger partial charge in [-0.05, 0) is 33.2 Å². The smallest absolute Gasteiger partial charge is 0.0287 e. The van der Waals surface area contributed by atoms with Crippen molar-refractivity contribution in [3.05, 3.63) is 12.2 Å². The molecule has 1 heterocycles. The lowest BCUT2D eigenvalue weighted by atomic mass is 9.89. The molecule has 56 valence electrons. The zero-order valence-corrected chi connectivity index (χ0v) is 6.96. The Morgan fingerprint density at radius 2 is 2.10 bits per heavy atom. The largest absolute Gasteiger partial charge is 0.294 e. The average Bonchev–Trinajstić information content (AvgIpc) is 2.37. The quantitative estimate of drug-likeness (QED) is 0.459. The molecule has 1 aliphatic carbocycles. The summed E-state index contributed by atoms with van der Waals surface area (Å²) in [5, 5.41) is 0. The van der Waals surface area contributed by atoms with E-state index in [1.807, 2.05) is 0 Å². The van der Waals surface area contributed by atoms with Crippen molar-refractivity contribution in [2.75, 3.05) is 7.05 Å². The van der Waals surface area contributed by atoms with E-state index in [-0.39, 0.29) is 0 Å². The van der Waals surface area contributed by atoms with Crippen LogP contribution in [0.4, 0.5) is 0 Å². The molecule has 2 rings (SSSR count). The van der Waals surface area contributed by atoms with Crippen molar-refractivity contribution in [3.63, 3.8) is 0 Å². The van der Waals surface area contributed by atoms with Crippen LogP contribution >= 0.6 is 0 Å². The third-order valence-electron chi connectivity index (χ3n) is 3.37. The van der Waals surface area contributed by atoms with Crippen LogP contribution in [0, 0.1) is 5.92 Å². The molecule has 10 heavy (non-hydrogen) atoms. The predicted molar refractivity (Wildman–Crippen MR) is 42.9 cm³/mol. The minimum Gasteiger partial charge on any atom is -0.294 e. The summed E-state index contributed by atoms with van der Waals surface area (Å²) >= 11 is 0. The Morgan fingerprint density at radius 1 is 1.40 bits per heavy atom. The maximum Gasteiger partial charge on any atom is 0.0287 e. The highest BCUT2D eigenvalue weighted by molar-refractivity contribution is 5.19. The van der Waals surface area contributed by atoms with E-state index in [2.05, 4.69) is 37.9 Å². The Bertz CT molecular complexity index is 181. The van der Waals surface area contributed by atoms with Crippen molar-refractivity contribution in [2.45, 2.75) is 31.8 Å². The molecule has 0 radical (unpaired) electrons. The van der Waals surface area contributed by atoms with Crippen molar-refractivity contribution in [1.82, 2.24) is 4.90 Å². The van der Waals surface area contributed by atoms with Crippen LogP contribution in [0.2, 0.25) is 0 Å². The summed E-state index contributed by atoms with van der Waals surface area (Å²) < 4.78 is 0. The van der Waals surface area contributed by atoms with Gasteiger partial charge in [-0.25, -0.2) is 0 Å². The topological polar surface area (TPSA) is 3.24 Å². The summed E-state index contributed by atoms with van der Waals surface area (Å²) in [6.45, 7) is 4.67. The highest BCUT2D eigenvalue weighted by atomic mass is 15.2. The van der Waals surface area contributed by atoms with Gasteiger partial charge < -0.3 is 0 Å². The summed E-state index contributed by atoms with van der Waals surface area (Å²) in [5.41, 5.74) is 0.416. The minimum absolute atomic E-state index is 0.416. The average molecular weight is 137 g/mol. The van der Waals surface area contributed by atoms with Gasteiger partial charge in [0.05, 0.1) is 0 Å². The molecule has 0 saturated carbocycles. The molecule has 1 aliphatic heterocycles. The second-order valence-electron chi connectivity index (χ2n) is 4.06. The normalized spacial score (nSPS) is 43.1. The zero-order chi connectivity index (χ0) is 7.35. The molecular formula is C9H15N. The molecule has 1 nitrogen and oxygen atoms in total. The highest BCUT2D eigenvalue weighted by Gasteiger charge is 2.45. The fourth-order valence-corrected chi connectivity index (χ4v) is 2.18. The second kappa shape index (κ2) is 1.65. The number of fused-ring (bicyclic) bond motifs is 2. The summed E-state index contributed by atoms with van der Waals surface area (Å²) in [6, 6.07) is 0.736. The van der Waals surface area contributed by atoms with Crippen LogP contribution in [-0.4, -0.2) is 23.5 Å². The molecule has 0 aromatic carbocycles. The lowest BCUT2D eigenvalue weighted by Gasteiger charge is -2.36. The van der Waals surface area contributed by atoms with Gasteiger partial charge in [0, 0.05) is 11.6 Å². The van der Waals surface area contributed by atoms with Gasteiger partial charge in [-0.3, -0.25) is 4.90 Å². The molecular weight excluding hydrogens is 122 g/mol. The van der Waals surface area contributed by atoms with Crippen molar-refractivity contribution in [1.29, 1.82) is 0 Å².